The minimum atomic E-state index is 0.526. The zero-order valence-corrected chi connectivity index (χ0v) is 8.72. The second-order valence-electron chi connectivity index (χ2n) is 3.34. The molecule has 0 saturated carbocycles. The Kier molecular flexibility index (Phi) is 2.76. The number of benzene rings is 1. The van der Waals surface area contributed by atoms with Crippen LogP contribution in [0.1, 0.15) is 17.0 Å². The van der Waals surface area contributed by atoms with E-state index in [1.54, 1.807) is 6.33 Å². The van der Waals surface area contributed by atoms with Gasteiger partial charge in [0.25, 0.3) is 0 Å². The SMILES string of the molecule is C#Cc1ncn(Cc2ccccc2)c1C#C. The van der Waals surface area contributed by atoms with Crippen molar-refractivity contribution >= 4 is 0 Å². The molecule has 0 atom stereocenters. The van der Waals surface area contributed by atoms with Crippen molar-refractivity contribution in [2.24, 2.45) is 0 Å². The van der Waals surface area contributed by atoms with Crippen LogP contribution in [0.25, 0.3) is 0 Å². The van der Waals surface area contributed by atoms with Gasteiger partial charge in [-0.3, -0.25) is 0 Å². The molecule has 0 unspecified atom stereocenters. The van der Waals surface area contributed by atoms with E-state index in [4.69, 9.17) is 12.8 Å². The first-order valence-electron chi connectivity index (χ1n) is 4.87. The first-order valence-corrected chi connectivity index (χ1v) is 4.87. The maximum Gasteiger partial charge on any atom is 0.147 e. The number of nitrogens with zero attached hydrogens (tertiary/aromatic N) is 2. The first kappa shape index (κ1) is 10.1. The summed E-state index contributed by atoms with van der Waals surface area (Å²) < 4.78 is 1.88. The fraction of sp³-hybridized carbons (Fsp3) is 0.0714. The molecule has 0 aliphatic carbocycles. The molecule has 0 aliphatic rings. The van der Waals surface area contributed by atoms with Crippen LogP contribution in [0.5, 0.6) is 0 Å². The molecule has 2 aromatic rings. The lowest BCUT2D eigenvalue weighted by Crippen LogP contribution is -2.01. The monoisotopic (exact) mass is 206 g/mol. The Morgan fingerprint density at radius 1 is 1.12 bits per heavy atom. The predicted molar refractivity (Wildman–Crippen MR) is 63.6 cm³/mol. The molecule has 0 saturated heterocycles. The lowest BCUT2D eigenvalue weighted by molar-refractivity contribution is 0.787. The largest absolute Gasteiger partial charge is 0.319 e. The van der Waals surface area contributed by atoms with E-state index in [-0.39, 0.29) is 0 Å². The van der Waals surface area contributed by atoms with Crippen LogP contribution in [0.15, 0.2) is 36.7 Å². The zero-order chi connectivity index (χ0) is 11.4. The predicted octanol–water partition coefficient (Wildman–Crippen LogP) is 1.89. The molecule has 2 heteroatoms. The summed E-state index contributed by atoms with van der Waals surface area (Å²) in [6.45, 7) is 0.690. The number of imidazole rings is 1. The molecule has 1 heterocycles. The fourth-order valence-electron chi connectivity index (χ4n) is 1.54. The van der Waals surface area contributed by atoms with Crippen LogP contribution in [0.4, 0.5) is 0 Å². The van der Waals surface area contributed by atoms with Gasteiger partial charge in [0.15, 0.2) is 0 Å². The first-order chi connectivity index (χ1) is 7.85. The van der Waals surface area contributed by atoms with Gasteiger partial charge in [0.05, 0.1) is 6.33 Å². The zero-order valence-electron chi connectivity index (χ0n) is 8.72. The summed E-state index contributed by atoms with van der Waals surface area (Å²) in [5, 5.41) is 0. The summed E-state index contributed by atoms with van der Waals surface area (Å²) in [6, 6.07) is 10.0. The van der Waals surface area contributed by atoms with Crippen LogP contribution in [0, 0.1) is 24.7 Å². The summed E-state index contributed by atoms with van der Waals surface area (Å²) in [5.74, 6) is 5.05. The third kappa shape index (κ3) is 1.82. The fourth-order valence-corrected chi connectivity index (χ4v) is 1.54. The van der Waals surface area contributed by atoms with E-state index in [1.807, 2.05) is 34.9 Å². The summed E-state index contributed by atoms with van der Waals surface area (Å²) in [5.41, 5.74) is 2.35. The van der Waals surface area contributed by atoms with Crippen molar-refractivity contribution in [1.82, 2.24) is 9.55 Å². The molecule has 0 bridgehead atoms. The molecule has 76 valence electrons. The number of terminal acetylenes is 2. The molecule has 0 fully saturated rings. The van der Waals surface area contributed by atoms with E-state index in [1.165, 1.54) is 5.56 Å². The maximum absolute atomic E-state index is 5.42. The van der Waals surface area contributed by atoms with Gasteiger partial charge in [0, 0.05) is 6.54 Å². The smallest absolute Gasteiger partial charge is 0.147 e. The van der Waals surface area contributed by atoms with Crippen LogP contribution in [-0.4, -0.2) is 9.55 Å². The van der Waals surface area contributed by atoms with Gasteiger partial charge in [0.1, 0.15) is 11.4 Å². The van der Waals surface area contributed by atoms with Crippen LogP contribution in [0.3, 0.4) is 0 Å². The van der Waals surface area contributed by atoms with Gasteiger partial charge < -0.3 is 4.57 Å². The van der Waals surface area contributed by atoms with E-state index in [9.17, 15) is 0 Å². The normalized spacial score (nSPS) is 9.38. The number of rotatable bonds is 2. The Morgan fingerprint density at radius 3 is 2.50 bits per heavy atom. The molecule has 0 aliphatic heterocycles. The summed E-state index contributed by atoms with van der Waals surface area (Å²) >= 11 is 0. The number of hydrogen-bond donors (Lipinski definition) is 0. The van der Waals surface area contributed by atoms with Crippen molar-refractivity contribution in [3.05, 3.63) is 53.6 Å². The third-order valence-corrected chi connectivity index (χ3v) is 2.31. The average molecular weight is 206 g/mol. The second kappa shape index (κ2) is 4.38. The topological polar surface area (TPSA) is 17.8 Å². The third-order valence-electron chi connectivity index (χ3n) is 2.31. The Morgan fingerprint density at radius 2 is 1.88 bits per heavy atom. The highest BCUT2D eigenvalue weighted by atomic mass is 15.0. The summed E-state index contributed by atoms with van der Waals surface area (Å²) in [7, 11) is 0. The van der Waals surface area contributed by atoms with E-state index in [2.05, 4.69) is 16.8 Å². The molecule has 0 N–H and O–H groups in total. The van der Waals surface area contributed by atoms with Crippen molar-refractivity contribution in [2.45, 2.75) is 6.54 Å². The molecule has 2 rings (SSSR count). The molecule has 0 spiro atoms. The van der Waals surface area contributed by atoms with Gasteiger partial charge in [-0.05, 0) is 17.4 Å². The Bertz CT molecular complexity index is 565. The van der Waals surface area contributed by atoms with E-state index in [0.717, 1.165) is 0 Å². The van der Waals surface area contributed by atoms with Crippen LogP contribution in [0.2, 0.25) is 0 Å². The highest BCUT2D eigenvalue weighted by Gasteiger charge is 2.06. The van der Waals surface area contributed by atoms with Crippen molar-refractivity contribution in [2.75, 3.05) is 0 Å². The molecule has 0 amide bonds. The molecular weight excluding hydrogens is 196 g/mol. The van der Waals surface area contributed by atoms with Gasteiger partial charge in [-0.2, -0.15) is 0 Å². The Labute approximate surface area is 95.0 Å². The second-order valence-corrected chi connectivity index (χ2v) is 3.34. The molecular formula is C14H10N2. The molecule has 1 aromatic carbocycles. The van der Waals surface area contributed by atoms with Crippen LogP contribution < -0.4 is 0 Å². The molecule has 2 nitrogen and oxygen atoms in total. The lowest BCUT2D eigenvalue weighted by Gasteiger charge is -2.04. The highest BCUT2D eigenvalue weighted by molar-refractivity contribution is 5.40. The van der Waals surface area contributed by atoms with Crippen LogP contribution >= 0.6 is 0 Å². The van der Waals surface area contributed by atoms with E-state index in [0.29, 0.717) is 17.9 Å². The average Bonchev–Trinajstić information content (AvgIpc) is 2.72. The highest BCUT2D eigenvalue weighted by Crippen LogP contribution is 2.08. The van der Waals surface area contributed by atoms with Crippen LogP contribution in [-0.2, 0) is 6.54 Å². The summed E-state index contributed by atoms with van der Waals surface area (Å²) in [4.78, 5) is 4.09. The van der Waals surface area contributed by atoms with Crippen molar-refractivity contribution < 1.29 is 0 Å². The number of hydrogen-bond acceptors (Lipinski definition) is 1. The van der Waals surface area contributed by atoms with Gasteiger partial charge in [0.2, 0.25) is 0 Å². The van der Waals surface area contributed by atoms with Crippen molar-refractivity contribution in [3.8, 4) is 24.7 Å². The summed E-state index contributed by atoms with van der Waals surface area (Å²) in [6.07, 6.45) is 12.4. The quantitative estimate of drug-likeness (QED) is 0.686. The number of aromatic nitrogens is 2. The van der Waals surface area contributed by atoms with Crippen molar-refractivity contribution in [3.63, 3.8) is 0 Å². The van der Waals surface area contributed by atoms with E-state index < -0.39 is 0 Å². The van der Waals surface area contributed by atoms with Gasteiger partial charge >= 0.3 is 0 Å². The molecule has 1 aromatic heterocycles. The maximum atomic E-state index is 5.42. The lowest BCUT2D eigenvalue weighted by atomic mass is 10.2. The van der Waals surface area contributed by atoms with Crippen molar-refractivity contribution in [1.29, 1.82) is 0 Å². The molecule has 16 heavy (non-hydrogen) atoms. The Hall–Kier alpha value is -2.45. The van der Waals surface area contributed by atoms with E-state index >= 15 is 0 Å². The standard InChI is InChI=1S/C14H10N2/c1-3-13-14(4-2)16(11-15-13)10-12-8-6-5-7-9-12/h1-2,5-9,11H,10H2. The van der Waals surface area contributed by atoms with Gasteiger partial charge in [-0.25, -0.2) is 4.98 Å². The minimum Gasteiger partial charge on any atom is -0.319 e. The van der Waals surface area contributed by atoms with Gasteiger partial charge in [-0.1, -0.05) is 30.3 Å². The minimum absolute atomic E-state index is 0.526. The van der Waals surface area contributed by atoms with Gasteiger partial charge in [-0.15, -0.1) is 12.8 Å². The Balaban J connectivity index is 2.34. The molecule has 0 radical (unpaired) electrons.